The number of alkyl halides is 3. The van der Waals surface area contributed by atoms with Crippen molar-refractivity contribution < 1.29 is 41.4 Å². The number of carboxylic acid groups (broad SMARTS) is 2. The summed E-state index contributed by atoms with van der Waals surface area (Å²) in [5.41, 5.74) is -5.31. The lowest BCUT2D eigenvalue weighted by atomic mass is 10.9. The molecule has 4 N–H and O–H groups in total. The minimum atomic E-state index is -5.34. The zero-order valence-corrected chi connectivity index (χ0v) is 8.96. The zero-order chi connectivity index (χ0) is 14.2. The number of rotatable bonds is 0. The molecule has 0 atom stereocenters. The minimum Gasteiger partial charge on any atom is -0.481 e. The SMILES string of the molecule is CC(=O)O.CC(=O)O.NS(=O)(=O)C(F)(F)F. The van der Waals surface area contributed by atoms with E-state index in [2.05, 4.69) is 5.14 Å². The first-order chi connectivity index (χ1) is 6.71. The molecule has 0 aliphatic rings. The first-order valence-electron chi connectivity index (χ1n) is 3.20. The van der Waals surface area contributed by atoms with Crippen LogP contribution in [0.5, 0.6) is 0 Å². The van der Waals surface area contributed by atoms with Crippen LogP contribution in [0.3, 0.4) is 0 Å². The van der Waals surface area contributed by atoms with E-state index >= 15 is 0 Å². The summed E-state index contributed by atoms with van der Waals surface area (Å²) in [6.07, 6.45) is 0. The fraction of sp³-hybridized carbons (Fsp3) is 0.600. The van der Waals surface area contributed by atoms with Gasteiger partial charge >= 0.3 is 15.5 Å². The van der Waals surface area contributed by atoms with E-state index < -0.39 is 27.5 Å². The standard InChI is InChI=1S/2C2H4O2.CH2F3NO2S/c2*1-2(3)4;2-1(3,4)8(5,6)7/h2*1H3,(H,3,4);(H2,5,6,7). The molecule has 0 saturated carbocycles. The molecule has 0 heterocycles. The molecule has 0 aliphatic carbocycles. The van der Waals surface area contributed by atoms with Crippen molar-refractivity contribution in [3.63, 3.8) is 0 Å². The number of aliphatic carboxylic acids is 2. The van der Waals surface area contributed by atoms with Gasteiger partial charge < -0.3 is 10.2 Å². The molecule has 11 heteroatoms. The second kappa shape index (κ2) is 7.87. The molecule has 0 aromatic heterocycles. The number of halogens is 3. The van der Waals surface area contributed by atoms with Gasteiger partial charge in [0.2, 0.25) is 0 Å². The van der Waals surface area contributed by atoms with E-state index in [1.54, 1.807) is 0 Å². The van der Waals surface area contributed by atoms with Crippen LogP contribution in [0.4, 0.5) is 13.2 Å². The van der Waals surface area contributed by atoms with E-state index in [0.717, 1.165) is 13.8 Å². The maximum absolute atomic E-state index is 10.8. The van der Waals surface area contributed by atoms with Crippen molar-refractivity contribution in [1.29, 1.82) is 0 Å². The zero-order valence-electron chi connectivity index (χ0n) is 8.15. The predicted octanol–water partition coefficient (Wildman–Crippen LogP) is -0.0235. The van der Waals surface area contributed by atoms with Crippen LogP contribution in [0, 0.1) is 0 Å². The fourth-order valence-electron chi connectivity index (χ4n) is 0. The Morgan fingerprint density at radius 2 is 1.12 bits per heavy atom. The van der Waals surface area contributed by atoms with Gasteiger partial charge in [-0.2, -0.15) is 13.2 Å². The van der Waals surface area contributed by atoms with Crippen LogP contribution in [0.25, 0.3) is 0 Å². The fourth-order valence-corrected chi connectivity index (χ4v) is 0. The second-order valence-electron chi connectivity index (χ2n) is 2.03. The normalized spacial score (nSPS) is 10.1. The Bertz CT molecular complexity index is 302. The first kappa shape index (κ1) is 20.1. The van der Waals surface area contributed by atoms with Gasteiger partial charge in [0.15, 0.2) is 0 Å². The smallest absolute Gasteiger partial charge is 0.481 e. The summed E-state index contributed by atoms with van der Waals surface area (Å²) in [5.74, 6) is -1.67. The molecule has 98 valence electrons. The highest BCUT2D eigenvalue weighted by Crippen LogP contribution is 2.18. The number of nitrogens with two attached hydrogens (primary N) is 1. The van der Waals surface area contributed by atoms with Crippen LogP contribution in [-0.2, 0) is 19.6 Å². The number of carboxylic acids is 2. The summed E-state index contributed by atoms with van der Waals surface area (Å²) >= 11 is 0. The highest BCUT2D eigenvalue weighted by molar-refractivity contribution is 7.90. The third-order valence-corrected chi connectivity index (χ3v) is 0.968. The maximum Gasteiger partial charge on any atom is 0.511 e. The summed E-state index contributed by atoms with van der Waals surface area (Å²) in [6.45, 7) is 2.17. The molecule has 0 aromatic rings. The molecule has 7 nitrogen and oxygen atoms in total. The Morgan fingerprint density at radius 3 is 1.12 bits per heavy atom. The van der Waals surface area contributed by atoms with Crippen LogP contribution >= 0.6 is 0 Å². The lowest BCUT2D eigenvalue weighted by Gasteiger charge is -1.98. The van der Waals surface area contributed by atoms with Crippen molar-refractivity contribution in [2.45, 2.75) is 19.4 Å². The van der Waals surface area contributed by atoms with Gasteiger partial charge in [0.25, 0.3) is 11.9 Å². The summed E-state index contributed by atoms with van der Waals surface area (Å²) in [7, 11) is -5.34. The Hall–Kier alpha value is -1.36. The number of hydrogen-bond donors (Lipinski definition) is 3. The molecule has 0 bridgehead atoms. The largest absolute Gasteiger partial charge is 0.511 e. The predicted molar refractivity (Wildman–Crippen MR) is 45.8 cm³/mol. The molecule has 0 amide bonds. The molecular formula is C5H10F3NO6S. The van der Waals surface area contributed by atoms with Crippen LogP contribution < -0.4 is 5.14 Å². The van der Waals surface area contributed by atoms with Gasteiger partial charge in [0.05, 0.1) is 0 Å². The van der Waals surface area contributed by atoms with Crippen molar-refractivity contribution in [2.75, 3.05) is 0 Å². The van der Waals surface area contributed by atoms with Crippen LogP contribution in [0.2, 0.25) is 0 Å². The molecule has 0 fully saturated rings. The van der Waals surface area contributed by atoms with E-state index in [9.17, 15) is 21.6 Å². The van der Waals surface area contributed by atoms with E-state index in [1.807, 2.05) is 0 Å². The van der Waals surface area contributed by atoms with Gasteiger partial charge in [0.1, 0.15) is 0 Å². The van der Waals surface area contributed by atoms with Gasteiger partial charge in [-0.3, -0.25) is 9.59 Å². The van der Waals surface area contributed by atoms with Crippen LogP contribution in [0.15, 0.2) is 0 Å². The van der Waals surface area contributed by atoms with Crippen molar-refractivity contribution in [3.8, 4) is 0 Å². The quantitative estimate of drug-likeness (QED) is 0.565. The van der Waals surface area contributed by atoms with Crippen molar-refractivity contribution in [1.82, 2.24) is 0 Å². The molecule has 0 spiro atoms. The molecule has 0 radical (unpaired) electrons. The minimum absolute atomic E-state index is 0.833. The number of hydrogen-bond acceptors (Lipinski definition) is 4. The maximum atomic E-state index is 10.8. The molecule has 0 unspecified atom stereocenters. The molecule has 0 aliphatic heterocycles. The average molecular weight is 269 g/mol. The number of primary sulfonamides is 1. The topological polar surface area (TPSA) is 135 Å². The van der Waals surface area contributed by atoms with E-state index in [1.165, 1.54) is 0 Å². The Kier molecular flexibility index (Phi) is 9.89. The number of carbonyl (C=O) groups is 2. The van der Waals surface area contributed by atoms with Crippen molar-refractivity contribution in [3.05, 3.63) is 0 Å². The Balaban J connectivity index is -0.000000179. The molecular weight excluding hydrogens is 259 g/mol. The lowest BCUT2D eigenvalue weighted by molar-refractivity contribution is -0.135. The van der Waals surface area contributed by atoms with Gasteiger partial charge in [-0.25, -0.2) is 13.6 Å². The van der Waals surface area contributed by atoms with Crippen molar-refractivity contribution >= 4 is 22.0 Å². The van der Waals surface area contributed by atoms with Crippen LogP contribution in [-0.4, -0.2) is 36.1 Å². The van der Waals surface area contributed by atoms with E-state index in [0.29, 0.717) is 0 Å². The second-order valence-corrected chi connectivity index (χ2v) is 3.58. The van der Waals surface area contributed by atoms with E-state index in [-0.39, 0.29) is 0 Å². The highest BCUT2D eigenvalue weighted by Gasteiger charge is 2.42. The third kappa shape index (κ3) is 29.3. The Morgan fingerprint density at radius 1 is 1.06 bits per heavy atom. The molecule has 0 saturated heterocycles. The van der Waals surface area contributed by atoms with Gasteiger partial charge in [-0.05, 0) is 0 Å². The summed E-state index contributed by atoms with van der Waals surface area (Å²) in [6, 6.07) is 0. The van der Waals surface area contributed by atoms with Crippen LogP contribution in [0.1, 0.15) is 13.8 Å². The first-order valence-corrected chi connectivity index (χ1v) is 4.74. The lowest BCUT2D eigenvalue weighted by Crippen LogP contribution is -2.30. The molecule has 16 heavy (non-hydrogen) atoms. The van der Waals surface area contributed by atoms with Gasteiger partial charge in [0, 0.05) is 13.8 Å². The van der Waals surface area contributed by atoms with E-state index in [4.69, 9.17) is 19.8 Å². The average Bonchev–Trinajstić information content (AvgIpc) is 1.76. The summed E-state index contributed by atoms with van der Waals surface area (Å²) in [4.78, 5) is 18.0. The Labute approximate surface area is 88.7 Å². The third-order valence-electron chi connectivity index (χ3n) is 0.323. The molecule has 0 rings (SSSR count). The van der Waals surface area contributed by atoms with Gasteiger partial charge in [-0.15, -0.1) is 0 Å². The monoisotopic (exact) mass is 269 g/mol. The summed E-state index contributed by atoms with van der Waals surface area (Å²) in [5, 5.41) is 18.5. The summed E-state index contributed by atoms with van der Waals surface area (Å²) < 4.78 is 51.2. The molecule has 0 aromatic carbocycles. The number of sulfonamides is 1. The van der Waals surface area contributed by atoms with Gasteiger partial charge in [-0.1, -0.05) is 0 Å². The highest BCUT2D eigenvalue weighted by atomic mass is 32.2. The van der Waals surface area contributed by atoms with Crippen molar-refractivity contribution in [2.24, 2.45) is 5.14 Å².